The minimum atomic E-state index is 0.675. The second-order valence-corrected chi connectivity index (χ2v) is 4.24. The van der Waals surface area contributed by atoms with E-state index in [1.54, 1.807) is 18.3 Å². The quantitative estimate of drug-likeness (QED) is 0.644. The Kier molecular flexibility index (Phi) is 4.02. The summed E-state index contributed by atoms with van der Waals surface area (Å²) < 4.78 is 0. The van der Waals surface area contributed by atoms with Crippen molar-refractivity contribution in [3.05, 3.63) is 64.1 Å². The molecule has 0 amide bonds. The van der Waals surface area contributed by atoms with E-state index in [-0.39, 0.29) is 0 Å². The maximum Gasteiger partial charge on any atom is 0.0562 e. The molecule has 2 nitrogen and oxygen atoms in total. The Balaban J connectivity index is 2.03. The summed E-state index contributed by atoms with van der Waals surface area (Å²) in [5, 5.41) is 5.47. The largest absolute Gasteiger partial charge is 0.279 e. The Labute approximate surface area is 110 Å². The first-order valence-electron chi connectivity index (χ1n) is 5.05. The first kappa shape index (κ1) is 12.0. The standard InChI is InChI=1S/C13H10Cl2N2/c14-11-5-7-12(8-6-11)17-16-9-10-3-1-2-4-13(10)15/h1-9,17H/b16-9+. The molecule has 0 atom stereocenters. The van der Waals surface area contributed by atoms with E-state index in [0.717, 1.165) is 11.3 Å². The summed E-state index contributed by atoms with van der Waals surface area (Å²) in [4.78, 5) is 0. The maximum atomic E-state index is 5.99. The molecule has 0 spiro atoms. The molecule has 1 N–H and O–H groups in total. The van der Waals surface area contributed by atoms with Gasteiger partial charge in [-0.05, 0) is 30.3 Å². The lowest BCUT2D eigenvalue weighted by Crippen LogP contribution is -1.90. The molecular formula is C13H10Cl2N2. The van der Waals surface area contributed by atoms with Gasteiger partial charge >= 0.3 is 0 Å². The highest BCUT2D eigenvalue weighted by Crippen LogP contribution is 2.14. The van der Waals surface area contributed by atoms with Gasteiger partial charge in [-0.3, -0.25) is 5.43 Å². The van der Waals surface area contributed by atoms with Crippen LogP contribution in [0.3, 0.4) is 0 Å². The molecule has 0 aliphatic carbocycles. The highest BCUT2D eigenvalue weighted by Gasteiger charge is 1.94. The van der Waals surface area contributed by atoms with Crippen molar-refractivity contribution in [1.82, 2.24) is 0 Å². The van der Waals surface area contributed by atoms with Gasteiger partial charge in [-0.2, -0.15) is 5.10 Å². The van der Waals surface area contributed by atoms with Gasteiger partial charge in [0.15, 0.2) is 0 Å². The van der Waals surface area contributed by atoms with Crippen LogP contribution in [0.2, 0.25) is 10.0 Å². The molecule has 0 aliphatic rings. The normalized spacial score (nSPS) is 10.7. The molecule has 0 fully saturated rings. The van der Waals surface area contributed by atoms with Crippen molar-refractivity contribution in [1.29, 1.82) is 0 Å². The summed E-state index contributed by atoms with van der Waals surface area (Å²) in [5.41, 5.74) is 4.64. The Morgan fingerprint density at radius 1 is 0.941 bits per heavy atom. The third kappa shape index (κ3) is 3.48. The van der Waals surface area contributed by atoms with Gasteiger partial charge in [0.2, 0.25) is 0 Å². The highest BCUT2D eigenvalue weighted by molar-refractivity contribution is 6.33. The predicted molar refractivity (Wildman–Crippen MR) is 74.1 cm³/mol. The molecule has 2 aromatic carbocycles. The van der Waals surface area contributed by atoms with Crippen molar-refractivity contribution in [2.75, 3.05) is 5.43 Å². The van der Waals surface area contributed by atoms with Crippen molar-refractivity contribution in [3.8, 4) is 0 Å². The zero-order valence-corrected chi connectivity index (χ0v) is 10.4. The molecule has 0 bridgehead atoms. The molecule has 0 radical (unpaired) electrons. The molecule has 0 aliphatic heterocycles. The minimum absolute atomic E-state index is 0.675. The van der Waals surface area contributed by atoms with Crippen molar-refractivity contribution >= 4 is 35.1 Å². The predicted octanol–water partition coefficient (Wildman–Crippen LogP) is 4.44. The molecule has 0 unspecified atom stereocenters. The van der Waals surface area contributed by atoms with Crippen LogP contribution in [0.1, 0.15) is 5.56 Å². The van der Waals surface area contributed by atoms with Crippen LogP contribution in [0.5, 0.6) is 0 Å². The van der Waals surface area contributed by atoms with Gasteiger partial charge in [-0.15, -0.1) is 0 Å². The van der Waals surface area contributed by atoms with E-state index < -0.39 is 0 Å². The fourth-order valence-corrected chi connectivity index (χ4v) is 1.59. The van der Waals surface area contributed by atoms with E-state index in [4.69, 9.17) is 23.2 Å². The summed E-state index contributed by atoms with van der Waals surface area (Å²) in [5.74, 6) is 0. The number of nitrogens with zero attached hydrogens (tertiary/aromatic N) is 1. The smallest absolute Gasteiger partial charge is 0.0562 e. The number of anilines is 1. The molecule has 2 rings (SSSR count). The van der Waals surface area contributed by atoms with Gasteiger partial charge in [0.1, 0.15) is 0 Å². The van der Waals surface area contributed by atoms with Gasteiger partial charge in [0.25, 0.3) is 0 Å². The summed E-state index contributed by atoms with van der Waals surface area (Å²) in [6.45, 7) is 0. The van der Waals surface area contributed by atoms with Gasteiger partial charge in [0.05, 0.1) is 11.9 Å². The number of hydrogen-bond donors (Lipinski definition) is 1. The molecule has 0 saturated heterocycles. The molecule has 0 aromatic heterocycles. The second-order valence-electron chi connectivity index (χ2n) is 3.40. The van der Waals surface area contributed by atoms with Crippen LogP contribution < -0.4 is 5.43 Å². The van der Waals surface area contributed by atoms with Crippen LogP contribution in [0, 0.1) is 0 Å². The molecule has 2 aromatic rings. The zero-order valence-electron chi connectivity index (χ0n) is 8.90. The van der Waals surface area contributed by atoms with E-state index in [1.807, 2.05) is 36.4 Å². The average Bonchev–Trinajstić information content (AvgIpc) is 2.34. The molecule has 0 saturated carbocycles. The van der Waals surface area contributed by atoms with E-state index in [1.165, 1.54) is 0 Å². The van der Waals surface area contributed by atoms with Crippen LogP contribution in [0.15, 0.2) is 53.6 Å². The van der Waals surface area contributed by atoms with E-state index in [2.05, 4.69) is 10.5 Å². The lowest BCUT2D eigenvalue weighted by atomic mass is 10.2. The third-order valence-corrected chi connectivity index (χ3v) is 2.74. The fourth-order valence-electron chi connectivity index (χ4n) is 1.28. The number of hydrazone groups is 1. The summed E-state index contributed by atoms with van der Waals surface area (Å²) >= 11 is 11.8. The molecular weight excluding hydrogens is 255 g/mol. The Morgan fingerprint density at radius 2 is 1.65 bits per heavy atom. The van der Waals surface area contributed by atoms with Crippen LogP contribution in [-0.2, 0) is 0 Å². The van der Waals surface area contributed by atoms with Gasteiger partial charge < -0.3 is 0 Å². The monoisotopic (exact) mass is 264 g/mol. The zero-order chi connectivity index (χ0) is 12.1. The van der Waals surface area contributed by atoms with Gasteiger partial charge in [0, 0.05) is 15.6 Å². The maximum absolute atomic E-state index is 5.99. The summed E-state index contributed by atoms with van der Waals surface area (Å²) in [6.07, 6.45) is 1.68. The van der Waals surface area contributed by atoms with Crippen molar-refractivity contribution < 1.29 is 0 Å². The van der Waals surface area contributed by atoms with Crippen LogP contribution in [0.4, 0.5) is 5.69 Å². The van der Waals surface area contributed by atoms with Crippen molar-refractivity contribution in [3.63, 3.8) is 0 Å². The Hall–Kier alpha value is -1.51. The second kappa shape index (κ2) is 5.71. The highest BCUT2D eigenvalue weighted by atomic mass is 35.5. The SMILES string of the molecule is Clc1ccc(N/N=C/c2ccccc2Cl)cc1. The van der Waals surface area contributed by atoms with Crippen LogP contribution in [0.25, 0.3) is 0 Å². The summed E-state index contributed by atoms with van der Waals surface area (Å²) in [7, 11) is 0. The number of nitrogens with one attached hydrogen (secondary N) is 1. The van der Waals surface area contributed by atoms with E-state index in [0.29, 0.717) is 10.0 Å². The summed E-state index contributed by atoms with van der Waals surface area (Å²) in [6, 6.07) is 14.8. The Morgan fingerprint density at radius 3 is 2.35 bits per heavy atom. The third-order valence-electron chi connectivity index (χ3n) is 2.15. The van der Waals surface area contributed by atoms with Crippen LogP contribution >= 0.6 is 23.2 Å². The number of rotatable bonds is 3. The molecule has 0 heterocycles. The van der Waals surface area contributed by atoms with Crippen molar-refractivity contribution in [2.24, 2.45) is 5.10 Å². The lowest BCUT2D eigenvalue weighted by molar-refractivity contribution is 1.35. The van der Waals surface area contributed by atoms with Gasteiger partial charge in [-0.25, -0.2) is 0 Å². The molecule has 86 valence electrons. The van der Waals surface area contributed by atoms with Crippen molar-refractivity contribution in [2.45, 2.75) is 0 Å². The van der Waals surface area contributed by atoms with E-state index in [9.17, 15) is 0 Å². The lowest BCUT2D eigenvalue weighted by Gasteiger charge is -2.00. The molecule has 17 heavy (non-hydrogen) atoms. The molecule has 4 heteroatoms. The van der Waals surface area contributed by atoms with Crippen LogP contribution in [-0.4, -0.2) is 6.21 Å². The first-order chi connectivity index (χ1) is 8.25. The minimum Gasteiger partial charge on any atom is -0.279 e. The fraction of sp³-hybridized carbons (Fsp3) is 0. The number of halogens is 2. The Bertz CT molecular complexity index is 521. The topological polar surface area (TPSA) is 24.4 Å². The first-order valence-corrected chi connectivity index (χ1v) is 5.80. The number of benzene rings is 2. The average molecular weight is 265 g/mol. The van der Waals surface area contributed by atoms with Gasteiger partial charge in [-0.1, -0.05) is 41.4 Å². The van der Waals surface area contributed by atoms with E-state index >= 15 is 0 Å². The number of hydrogen-bond acceptors (Lipinski definition) is 2.